The fourth-order valence-electron chi connectivity index (χ4n) is 3.16. The van der Waals surface area contributed by atoms with Gasteiger partial charge in [0.2, 0.25) is 0 Å². The highest BCUT2D eigenvalue weighted by molar-refractivity contribution is 7.97. The number of rotatable bonds is 7. The summed E-state index contributed by atoms with van der Waals surface area (Å²) in [5.74, 6) is 0.711. The maximum absolute atomic E-state index is 10.9. The molecule has 1 N–H and O–H groups in total. The fourth-order valence-corrected chi connectivity index (χ4v) is 4.16. The van der Waals surface area contributed by atoms with Crippen molar-refractivity contribution in [3.8, 4) is 0 Å². The first kappa shape index (κ1) is 18.5. The van der Waals surface area contributed by atoms with Crippen molar-refractivity contribution in [2.24, 2.45) is 13.0 Å². The Morgan fingerprint density at radius 2 is 2.00 bits per heavy atom. The first-order valence-corrected chi connectivity index (χ1v) is 9.81. The number of carbonyl (C=O) groups is 1. The molecule has 1 aliphatic rings. The van der Waals surface area contributed by atoms with Crippen molar-refractivity contribution in [2.75, 3.05) is 19.6 Å². The molecule has 0 amide bonds. The largest absolute Gasteiger partial charge is 0.347 e. The zero-order valence-corrected chi connectivity index (χ0v) is 16.0. The van der Waals surface area contributed by atoms with Gasteiger partial charge in [-0.05, 0) is 67.6 Å². The minimum absolute atomic E-state index is 0.708. The highest BCUT2D eigenvalue weighted by atomic mass is 35.5. The van der Waals surface area contributed by atoms with Crippen LogP contribution >= 0.6 is 23.5 Å². The van der Waals surface area contributed by atoms with Gasteiger partial charge in [0.25, 0.3) is 0 Å². The van der Waals surface area contributed by atoms with Crippen LogP contribution in [-0.4, -0.2) is 35.4 Å². The van der Waals surface area contributed by atoms with Gasteiger partial charge < -0.3 is 4.57 Å². The second-order valence-electron chi connectivity index (χ2n) is 6.63. The van der Waals surface area contributed by atoms with Crippen LogP contribution in [0.1, 0.15) is 28.9 Å². The van der Waals surface area contributed by atoms with Crippen molar-refractivity contribution in [2.45, 2.75) is 24.3 Å². The molecule has 1 aromatic carbocycles. The van der Waals surface area contributed by atoms with Crippen molar-refractivity contribution in [1.29, 1.82) is 0 Å². The standard InChI is InChI=1S/C19H24ClN3OS/c1-22-13-19(10-18(22)14-24)25-21-11-15-6-8-23(9-7-15)12-16-2-4-17(20)5-3-16/h2-5,10,13-15,21H,6-9,11-12H2,1H3. The molecule has 1 fully saturated rings. The van der Waals surface area contributed by atoms with Gasteiger partial charge in [-0.1, -0.05) is 23.7 Å². The zero-order valence-electron chi connectivity index (χ0n) is 14.5. The average Bonchev–Trinajstić information content (AvgIpc) is 2.98. The number of carbonyl (C=O) groups excluding carboxylic acids is 1. The number of piperidine rings is 1. The molecule has 3 rings (SSSR count). The van der Waals surface area contributed by atoms with Crippen LogP contribution in [0, 0.1) is 5.92 Å². The molecule has 134 valence electrons. The van der Waals surface area contributed by atoms with Gasteiger partial charge in [0.15, 0.2) is 6.29 Å². The number of benzene rings is 1. The van der Waals surface area contributed by atoms with Crippen molar-refractivity contribution < 1.29 is 4.79 Å². The van der Waals surface area contributed by atoms with Crippen LogP contribution < -0.4 is 4.72 Å². The van der Waals surface area contributed by atoms with Gasteiger partial charge in [0.1, 0.15) is 0 Å². The second kappa shape index (κ2) is 8.90. The fraction of sp³-hybridized carbons (Fsp3) is 0.421. The predicted octanol–water partition coefficient (Wildman–Crippen LogP) is 4.00. The lowest BCUT2D eigenvalue weighted by molar-refractivity contribution is 0.111. The molecule has 4 nitrogen and oxygen atoms in total. The molecule has 1 aromatic heterocycles. The molecular weight excluding hydrogens is 354 g/mol. The van der Waals surface area contributed by atoms with E-state index in [1.807, 2.05) is 36.0 Å². The molecule has 1 saturated heterocycles. The molecule has 1 aliphatic heterocycles. The minimum Gasteiger partial charge on any atom is -0.347 e. The van der Waals surface area contributed by atoms with Gasteiger partial charge >= 0.3 is 0 Å². The summed E-state index contributed by atoms with van der Waals surface area (Å²) in [7, 11) is 1.89. The van der Waals surface area contributed by atoms with Crippen LogP contribution in [0.3, 0.4) is 0 Å². The monoisotopic (exact) mass is 377 g/mol. The van der Waals surface area contributed by atoms with E-state index in [2.05, 4.69) is 21.8 Å². The Morgan fingerprint density at radius 3 is 2.64 bits per heavy atom. The van der Waals surface area contributed by atoms with Gasteiger partial charge in [0.05, 0.1) is 5.69 Å². The number of hydrogen-bond donors (Lipinski definition) is 1. The SMILES string of the molecule is Cn1cc(SNCC2CCN(Cc3ccc(Cl)cc3)CC2)cc1C=O. The normalized spacial score (nSPS) is 16.2. The van der Waals surface area contributed by atoms with Gasteiger partial charge in [0, 0.05) is 36.3 Å². The third kappa shape index (κ3) is 5.35. The second-order valence-corrected chi connectivity index (χ2v) is 8.03. The summed E-state index contributed by atoms with van der Waals surface area (Å²) in [5, 5.41) is 0.796. The smallest absolute Gasteiger partial charge is 0.166 e. The Morgan fingerprint density at radius 1 is 1.28 bits per heavy atom. The zero-order chi connectivity index (χ0) is 17.6. The Balaban J connectivity index is 1.37. The first-order chi connectivity index (χ1) is 12.1. The number of aryl methyl sites for hydroxylation is 1. The van der Waals surface area contributed by atoms with Crippen LogP contribution in [0.2, 0.25) is 5.02 Å². The molecule has 0 unspecified atom stereocenters. The lowest BCUT2D eigenvalue weighted by atomic mass is 9.97. The van der Waals surface area contributed by atoms with E-state index in [1.165, 1.54) is 18.4 Å². The maximum atomic E-state index is 10.9. The topological polar surface area (TPSA) is 37.3 Å². The molecule has 2 aromatic rings. The molecule has 0 radical (unpaired) electrons. The Kier molecular flexibility index (Phi) is 6.59. The van der Waals surface area contributed by atoms with Crippen LogP contribution in [0.5, 0.6) is 0 Å². The van der Waals surface area contributed by atoms with Crippen LogP contribution in [0.25, 0.3) is 0 Å². The highest BCUT2D eigenvalue weighted by Crippen LogP contribution is 2.22. The summed E-state index contributed by atoms with van der Waals surface area (Å²) < 4.78 is 5.31. The van der Waals surface area contributed by atoms with E-state index in [4.69, 9.17) is 11.6 Å². The van der Waals surface area contributed by atoms with Crippen molar-refractivity contribution in [1.82, 2.24) is 14.2 Å². The first-order valence-electron chi connectivity index (χ1n) is 8.62. The number of nitrogens with one attached hydrogen (secondary N) is 1. The molecule has 0 bridgehead atoms. The van der Waals surface area contributed by atoms with E-state index in [1.54, 1.807) is 11.9 Å². The third-order valence-electron chi connectivity index (χ3n) is 4.73. The van der Waals surface area contributed by atoms with E-state index >= 15 is 0 Å². The average molecular weight is 378 g/mol. The van der Waals surface area contributed by atoms with Crippen LogP contribution in [-0.2, 0) is 13.6 Å². The summed E-state index contributed by atoms with van der Waals surface area (Å²) in [6.45, 7) is 4.29. The molecule has 6 heteroatoms. The van der Waals surface area contributed by atoms with Gasteiger partial charge in [-0.15, -0.1) is 0 Å². The van der Waals surface area contributed by atoms with E-state index in [-0.39, 0.29) is 0 Å². The molecule has 0 spiro atoms. The number of nitrogens with zero attached hydrogens (tertiary/aromatic N) is 2. The van der Waals surface area contributed by atoms with Crippen molar-refractivity contribution >= 4 is 29.8 Å². The summed E-state index contributed by atoms with van der Waals surface area (Å²) in [5.41, 5.74) is 2.03. The van der Waals surface area contributed by atoms with Crippen LogP contribution in [0.15, 0.2) is 41.4 Å². The van der Waals surface area contributed by atoms with E-state index in [0.29, 0.717) is 11.6 Å². The lowest BCUT2D eigenvalue weighted by Gasteiger charge is -2.32. The van der Waals surface area contributed by atoms with E-state index in [9.17, 15) is 4.79 Å². The molecule has 2 heterocycles. The predicted molar refractivity (Wildman–Crippen MR) is 104 cm³/mol. The van der Waals surface area contributed by atoms with Gasteiger partial charge in [-0.2, -0.15) is 0 Å². The maximum Gasteiger partial charge on any atom is 0.166 e. The number of aldehydes is 1. The van der Waals surface area contributed by atoms with E-state index < -0.39 is 0 Å². The molecule has 25 heavy (non-hydrogen) atoms. The molecular formula is C19H24ClN3OS. The van der Waals surface area contributed by atoms with Gasteiger partial charge in [-0.25, -0.2) is 0 Å². The number of halogens is 1. The molecule has 0 saturated carbocycles. The molecule has 0 aliphatic carbocycles. The van der Waals surface area contributed by atoms with Crippen molar-refractivity contribution in [3.63, 3.8) is 0 Å². The Bertz CT molecular complexity index is 693. The van der Waals surface area contributed by atoms with Gasteiger partial charge in [-0.3, -0.25) is 14.4 Å². The Labute approximate surface area is 158 Å². The number of hydrogen-bond acceptors (Lipinski definition) is 4. The van der Waals surface area contributed by atoms with Crippen molar-refractivity contribution in [3.05, 3.63) is 52.8 Å². The summed E-state index contributed by atoms with van der Waals surface area (Å²) in [6.07, 6.45) is 5.31. The number of aromatic nitrogens is 1. The molecule has 0 atom stereocenters. The van der Waals surface area contributed by atoms with Crippen LogP contribution in [0.4, 0.5) is 0 Å². The Hall–Kier alpha value is -1.27. The number of likely N-dealkylation sites (tertiary alicyclic amines) is 1. The highest BCUT2D eigenvalue weighted by Gasteiger charge is 2.19. The van der Waals surface area contributed by atoms with E-state index in [0.717, 1.165) is 42.4 Å². The summed E-state index contributed by atoms with van der Waals surface area (Å²) in [6, 6.07) is 10.1. The summed E-state index contributed by atoms with van der Waals surface area (Å²) >= 11 is 7.56. The third-order valence-corrected chi connectivity index (χ3v) is 5.75. The quantitative estimate of drug-likeness (QED) is 0.584. The minimum atomic E-state index is 0.708. The lowest BCUT2D eigenvalue weighted by Crippen LogP contribution is -2.35. The summed E-state index contributed by atoms with van der Waals surface area (Å²) in [4.78, 5) is 14.5.